The minimum Gasteiger partial charge on any atom is -0.356 e. The molecule has 3 fully saturated rings. The summed E-state index contributed by atoms with van der Waals surface area (Å²) >= 11 is 0. The molecule has 0 saturated carbocycles. The van der Waals surface area contributed by atoms with Crippen molar-refractivity contribution in [3.8, 4) is 0 Å². The molecule has 0 amide bonds. The number of hydrogen-bond donors (Lipinski definition) is 0. The molecule has 0 aliphatic carbocycles. The second kappa shape index (κ2) is 9.71. The summed E-state index contributed by atoms with van der Waals surface area (Å²) in [6.45, 7) is 7.66. The van der Waals surface area contributed by atoms with Crippen LogP contribution in [0.1, 0.15) is 36.6 Å². The molecule has 0 bridgehead atoms. The summed E-state index contributed by atoms with van der Waals surface area (Å²) in [6, 6.07) is 13.7. The molecule has 4 heterocycles. The van der Waals surface area contributed by atoms with Gasteiger partial charge in [-0.1, -0.05) is 30.3 Å². The highest BCUT2D eigenvalue weighted by Crippen LogP contribution is 2.44. The molecule has 0 N–H and O–H groups in total. The van der Waals surface area contributed by atoms with E-state index in [4.69, 9.17) is 9.97 Å². The number of likely N-dealkylation sites (tertiary alicyclic amines) is 1. The lowest BCUT2D eigenvalue weighted by atomic mass is 9.90. The first-order valence-electron chi connectivity index (χ1n) is 10.8. The third kappa shape index (κ3) is 4.39. The van der Waals surface area contributed by atoms with Crippen molar-refractivity contribution in [2.45, 2.75) is 32.2 Å². The molecular formula is C23H33Cl2N5. The third-order valence-electron chi connectivity index (χ3n) is 6.83. The molecule has 3 saturated heterocycles. The van der Waals surface area contributed by atoms with Crippen LogP contribution in [0.4, 0.5) is 11.8 Å². The number of hydrogen-bond acceptors (Lipinski definition) is 5. The second-order valence-electron chi connectivity index (χ2n) is 8.84. The van der Waals surface area contributed by atoms with Crippen LogP contribution in [0.15, 0.2) is 36.4 Å². The molecule has 0 radical (unpaired) electrons. The van der Waals surface area contributed by atoms with E-state index < -0.39 is 0 Å². The van der Waals surface area contributed by atoms with Crippen molar-refractivity contribution < 1.29 is 0 Å². The summed E-state index contributed by atoms with van der Waals surface area (Å²) in [7, 11) is 2.28. The zero-order chi connectivity index (χ0) is 19.1. The molecule has 3 aliphatic rings. The van der Waals surface area contributed by atoms with Gasteiger partial charge in [0, 0.05) is 56.4 Å². The standard InChI is InChI=1S/C23H31N5.2ClH/c1-17-13-21(25-23(24-17)27-11-7-4-8-12-27)28-15-19-14-26(2)22(20(19)16-28)18-9-5-3-6-10-18;;/h3,5-6,9-10,13,19-20,22H,4,7-8,11-12,14-16H2,1-2H3;2*1H/t19-,20+,22-;;/m0../s1. The number of fused-ring (bicyclic) bond motifs is 1. The quantitative estimate of drug-likeness (QED) is 0.695. The van der Waals surface area contributed by atoms with Crippen molar-refractivity contribution in [2.24, 2.45) is 11.8 Å². The Morgan fingerprint density at radius 1 is 0.867 bits per heavy atom. The first-order valence-corrected chi connectivity index (χ1v) is 10.8. The monoisotopic (exact) mass is 449 g/mol. The van der Waals surface area contributed by atoms with E-state index in [2.05, 4.69) is 65.1 Å². The van der Waals surface area contributed by atoms with Gasteiger partial charge in [0.25, 0.3) is 0 Å². The lowest BCUT2D eigenvalue weighted by Gasteiger charge is -2.29. The van der Waals surface area contributed by atoms with Crippen LogP contribution in [-0.2, 0) is 0 Å². The molecule has 30 heavy (non-hydrogen) atoms. The average Bonchev–Trinajstić information content (AvgIpc) is 3.25. The molecule has 3 aliphatic heterocycles. The summed E-state index contributed by atoms with van der Waals surface area (Å²) in [4.78, 5) is 17.2. The van der Waals surface area contributed by atoms with Gasteiger partial charge in [0.2, 0.25) is 5.95 Å². The number of rotatable bonds is 3. The summed E-state index contributed by atoms with van der Waals surface area (Å²) in [5, 5.41) is 0. The average molecular weight is 450 g/mol. The number of halogens is 2. The second-order valence-corrected chi connectivity index (χ2v) is 8.84. The van der Waals surface area contributed by atoms with Gasteiger partial charge in [-0.2, -0.15) is 4.98 Å². The summed E-state index contributed by atoms with van der Waals surface area (Å²) in [6.07, 6.45) is 3.84. The minimum atomic E-state index is 0. The van der Waals surface area contributed by atoms with E-state index in [9.17, 15) is 0 Å². The van der Waals surface area contributed by atoms with E-state index in [-0.39, 0.29) is 24.8 Å². The van der Waals surface area contributed by atoms with Crippen LogP contribution in [0.2, 0.25) is 0 Å². The lowest BCUT2D eigenvalue weighted by Crippen LogP contribution is -2.33. The van der Waals surface area contributed by atoms with Crippen LogP contribution in [0.5, 0.6) is 0 Å². The van der Waals surface area contributed by atoms with E-state index in [0.29, 0.717) is 17.9 Å². The van der Waals surface area contributed by atoms with Crippen molar-refractivity contribution >= 4 is 36.6 Å². The predicted molar refractivity (Wildman–Crippen MR) is 128 cm³/mol. The highest BCUT2D eigenvalue weighted by atomic mass is 35.5. The van der Waals surface area contributed by atoms with Crippen LogP contribution >= 0.6 is 24.8 Å². The highest BCUT2D eigenvalue weighted by Gasteiger charge is 2.46. The Morgan fingerprint density at radius 2 is 1.60 bits per heavy atom. The first-order chi connectivity index (χ1) is 13.7. The maximum atomic E-state index is 5.01. The number of piperidine rings is 1. The molecule has 3 atom stereocenters. The molecule has 5 nitrogen and oxygen atoms in total. The fourth-order valence-corrected chi connectivity index (χ4v) is 5.53. The number of nitrogens with zero attached hydrogens (tertiary/aromatic N) is 5. The van der Waals surface area contributed by atoms with Gasteiger partial charge in [-0.05, 0) is 44.7 Å². The Bertz CT molecular complexity index is 828. The number of aromatic nitrogens is 2. The van der Waals surface area contributed by atoms with Gasteiger partial charge in [0.05, 0.1) is 0 Å². The van der Waals surface area contributed by atoms with Crippen LogP contribution in [-0.4, -0.2) is 54.6 Å². The van der Waals surface area contributed by atoms with E-state index in [1.165, 1.54) is 31.4 Å². The summed E-state index contributed by atoms with van der Waals surface area (Å²) < 4.78 is 0. The van der Waals surface area contributed by atoms with E-state index in [0.717, 1.165) is 43.6 Å². The molecule has 2 aromatic rings. The molecule has 0 spiro atoms. The highest BCUT2D eigenvalue weighted by molar-refractivity contribution is 5.85. The van der Waals surface area contributed by atoms with Crippen molar-refractivity contribution in [1.82, 2.24) is 14.9 Å². The molecule has 5 rings (SSSR count). The fraction of sp³-hybridized carbons (Fsp3) is 0.565. The maximum Gasteiger partial charge on any atom is 0.227 e. The van der Waals surface area contributed by atoms with Gasteiger partial charge in [-0.15, -0.1) is 24.8 Å². The Balaban J connectivity index is 0.00000128. The van der Waals surface area contributed by atoms with Crippen molar-refractivity contribution in [2.75, 3.05) is 49.6 Å². The van der Waals surface area contributed by atoms with E-state index >= 15 is 0 Å². The Labute approximate surface area is 192 Å². The number of benzene rings is 1. The van der Waals surface area contributed by atoms with Gasteiger partial charge in [0.15, 0.2) is 0 Å². The van der Waals surface area contributed by atoms with Gasteiger partial charge in [-0.25, -0.2) is 4.98 Å². The molecule has 164 valence electrons. The number of anilines is 2. The first kappa shape index (κ1) is 23.1. The van der Waals surface area contributed by atoms with Crippen LogP contribution in [0.25, 0.3) is 0 Å². The normalized spacial score (nSPS) is 26.1. The smallest absolute Gasteiger partial charge is 0.227 e. The van der Waals surface area contributed by atoms with Crippen molar-refractivity contribution in [3.05, 3.63) is 47.7 Å². The fourth-order valence-electron chi connectivity index (χ4n) is 5.53. The summed E-state index contributed by atoms with van der Waals surface area (Å²) in [5.74, 6) is 3.44. The molecule has 7 heteroatoms. The van der Waals surface area contributed by atoms with Crippen molar-refractivity contribution in [3.63, 3.8) is 0 Å². The van der Waals surface area contributed by atoms with Crippen LogP contribution in [0, 0.1) is 18.8 Å². The third-order valence-corrected chi connectivity index (χ3v) is 6.83. The van der Waals surface area contributed by atoms with Gasteiger partial charge in [0.1, 0.15) is 5.82 Å². The Kier molecular flexibility index (Phi) is 7.48. The number of aryl methyl sites for hydroxylation is 1. The topological polar surface area (TPSA) is 35.5 Å². The zero-order valence-electron chi connectivity index (χ0n) is 17.9. The predicted octanol–water partition coefficient (Wildman–Crippen LogP) is 4.36. The van der Waals surface area contributed by atoms with Gasteiger partial charge in [-0.3, -0.25) is 4.90 Å². The SMILES string of the molecule is Cc1cc(N2C[C@@H]3CN(C)[C@@H](c4ccccc4)[C@@H]3C2)nc(N2CCCCC2)n1.Cl.Cl. The molecular weight excluding hydrogens is 417 g/mol. The van der Waals surface area contributed by atoms with Crippen LogP contribution < -0.4 is 9.80 Å². The lowest BCUT2D eigenvalue weighted by molar-refractivity contribution is 0.279. The van der Waals surface area contributed by atoms with Crippen molar-refractivity contribution in [1.29, 1.82) is 0 Å². The molecule has 1 aromatic carbocycles. The van der Waals surface area contributed by atoms with Gasteiger partial charge < -0.3 is 9.80 Å². The largest absolute Gasteiger partial charge is 0.356 e. The minimum absolute atomic E-state index is 0. The van der Waals surface area contributed by atoms with E-state index in [1.54, 1.807) is 0 Å². The molecule has 1 aromatic heterocycles. The van der Waals surface area contributed by atoms with Gasteiger partial charge >= 0.3 is 0 Å². The zero-order valence-corrected chi connectivity index (χ0v) is 19.5. The molecule has 0 unspecified atom stereocenters. The Morgan fingerprint density at radius 3 is 2.33 bits per heavy atom. The summed E-state index contributed by atoms with van der Waals surface area (Å²) in [5.41, 5.74) is 2.53. The van der Waals surface area contributed by atoms with Crippen LogP contribution in [0.3, 0.4) is 0 Å². The van der Waals surface area contributed by atoms with E-state index in [1.807, 2.05) is 0 Å². The maximum absolute atomic E-state index is 5.01. The Hall–Kier alpha value is -1.56.